The minimum atomic E-state index is -0.139. The Kier molecular flexibility index (Phi) is 3.42. The van der Waals surface area contributed by atoms with Gasteiger partial charge in [0.2, 0.25) is 0 Å². The minimum Gasteiger partial charge on any atom is -0.463 e. The molecule has 0 radical (unpaired) electrons. The third-order valence-electron chi connectivity index (χ3n) is 5.03. The van der Waals surface area contributed by atoms with Gasteiger partial charge in [-0.2, -0.15) is 0 Å². The Morgan fingerprint density at radius 1 is 1.26 bits per heavy atom. The first kappa shape index (κ1) is 13.2. The van der Waals surface area contributed by atoms with Crippen molar-refractivity contribution in [3.8, 4) is 0 Å². The third kappa shape index (κ3) is 2.12. The summed E-state index contributed by atoms with van der Waals surface area (Å²) in [7, 11) is 0. The maximum absolute atomic E-state index is 12.1. The summed E-state index contributed by atoms with van der Waals surface area (Å²) in [6.07, 6.45) is 8.86. The predicted molar refractivity (Wildman–Crippen MR) is 72.7 cm³/mol. The number of rotatable bonds is 4. The molecule has 0 amide bonds. The topological polar surface area (TPSA) is 38.8 Å². The fraction of sp³-hybridized carbons (Fsp3) is 0.812. The first-order valence-electron chi connectivity index (χ1n) is 7.75. The standard InChI is InChI=1S/C16H24O3/c1-3-18-15(17)11(2)14(12-7-4-5-8-12)16-10-6-9-13(16)19-16/h12-13H,3-10H2,1-2H3/b14-11-. The van der Waals surface area contributed by atoms with Crippen LogP contribution in [0.3, 0.4) is 0 Å². The van der Waals surface area contributed by atoms with Crippen molar-refractivity contribution in [2.75, 3.05) is 6.61 Å². The summed E-state index contributed by atoms with van der Waals surface area (Å²) in [6.45, 7) is 4.26. The van der Waals surface area contributed by atoms with Gasteiger partial charge in [-0.05, 0) is 57.4 Å². The average molecular weight is 264 g/mol. The van der Waals surface area contributed by atoms with E-state index >= 15 is 0 Å². The van der Waals surface area contributed by atoms with Gasteiger partial charge in [0.1, 0.15) is 5.60 Å². The highest BCUT2D eigenvalue weighted by molar-refractivity contribution is 5.89. The molecule has 3 fully saturated rings. The molecular formula is C16H24O3. The fourth-order valence-electron chi connectivity index (χ4n) is 4.19. The smallest absolute Gasteiger partial charge is 0.333 e. The summed E-state index contributed by atoms with van der Waals surface area (Å²) in [5.74, 6) is 0.410. The number of hydrogen-bond acceptors (Lipinski definition) is 3. The molecule has 3 nitrogen and oxygen atoms in total. The maximum atomic E-state index is 12.1. The summed E-state index contributed by atoms with van der Waals surface area (Å²) in [5, 5.41) is 0. The average Bonchev–Trinajstić information content (AvgIpc) is 2.82. The van der Waals surface area contributed by atoms with Crippen LogP contribution in [0.5, 0.6) is 0 Å². The van der Waals surface area contributed by atoms with Gasteiger partial charge in [-0.3, -0.25) is 0 Å². The van der Waals surface area contributed by atoms with Crippen molar-refractivity contribution in [2.45, 2.75) is 70.5 Å². The van der Waals surface area contributed by atoms with E-state index in [0.717, 1.165) is 18.4 Å². The number of carbonyl (C=O) groups excluding carboxylic acids is 1. The molecule has 3 rings (SSSR count). The molecule has 2 atom stereocenters. The molecule has 0 N–H and O–H groups in total. The van der Waals surface area contributed by atoms with Crippen LogP contribution in [0.2, 0.25) is 0 Å². The molecular weight excluding hydrogens is 240 g/mol. The number of fused-ring (bicyclic) bond motifs is 1. The quantitative estimate of drug-likeness (QED) is 0.444. The first-order valence-corrected chi connectivity index (χ1v) is 7.75. The van der Waals surface area contributed by atoms with Crippen molar-refractivity contribution in [2.24, 2.45) is 5.92 Å². The van der Waals surface area contributed by atoms with Crippen molar-refractivity contribution in [3.05, 3.63) is 11.1 Å². The van der Waals surface area contributed by atoms with E-state index < -0.39 is 0 Å². The molecule has 19 heavy (non-hydrogen) atoms. The van der Waals surface area contributed by atoms with Gasteiger partial charge in [0.05, 0.1) is 12.7 Å². The Hall–Kier alpha value is -0.830. The lowest BCUT2D eigenvalue weighted by Gasteiger charge is -2.23. The van der Waals surface area contributed by atoms with Crippen LogP contribution in [0, 0.1) is 5.92 Å². The molecule has 106 valence electrons. The van der Waals surface area contributed by atoms with Gasteiger partial charge in [0.25, 0.3) is 0 Å². The van der Waals surface area contributed by atoms with Crippen molar-refractivity contribution in [1.29, 1.82) is 0 Å². The van der Waals surface area contributed by atoms with E-state index in [2.05, 4.69) is 0 Å². The highest BCUT2D eigenvalue weighted by atomic mass is 16.6. The molecule has 2 saturated carbocycles. The molecule has 1 saturated heterocycles. The van der Waals surface area contributed by atoms with E-state index in [1.807, 2.05) is 13.8 Å². The highest BCUT2D eigenvalue weighted by Gasteiger charge is 2.63. The van der Waals surface area contributed by atoms with Crippen LogP contribution in [-0.2, 0) is 14.3 Å². The van der Waals surface area contributed by atoms with Crippen LogP contribution in [0.1, 0.15) is 58.8 Å². The molecule has 3 heteroatoms. The molecule has 0 aromatic heterocycles. The zero-order valence-electron chi connectivity index (χ0n) is 12.0. The monoisotopic (exact) mass is 264 g/mol. The van der Waals surface area contributed by atoms with Gasteiger partial charge < -0.3 is 9.47 Å². The number of epoxide rings is 1. The van der Waals surface area contributed by atoms with Crippen LogP contribution in [0.4, 0.5) is 0 Å². The Morgan fingerprint density at radius 2 is 2.00 bits per heavy atom. The summed E-state index contributed by atoms with van der Waals surface area (Å²) in [6, 6.07) is 0. The highest BCUT2D eigenvalue weighted by Crippen LogP contribution is 2.58. The molecule has 1 heterocycles. The normalized spacial score (nSPS) is 34.9. The van der Waals surface area contributed by atoms with Crippen LogP contribution in [0.15, 0.2) is 11.1 Å². The van der Waals surface area contributed by atoms with E-state index in [0.29, 0.717) is 18.6 Å². The zero-order chi connectivity index (χ0) is 13.5. The van der Waals surface area contributed by atoms with Crippen molar-refractivity contribution >= 4 is 5.97 Å². The van der Waals surface area contributed by atoms with Crippen LogP contribution >= 0.6 is 0 Å². The van der Waals surface area contributed by atoms with E-state index in [9.17, 15) is 4.79 Å². The summed E-state index contributed by atoms with van der Waals surface area (Å²) < 4.78 is 11.2. The molecule has 0 aromatic rings. The molecule has 0 bridgehead atoms. The van der Waals surface area contributed by atoms with E-state index in [1.165, 1.54) is 37.7 Å². The van der Waals surface area contributed by atoms with Gasteiger partial charge >= 0.3 is 5.97 Å². The van der Waals surface area contributed by atoms with Gasteiger partial charge in [0.15, 0.2) is 0 Å². The summed E-state index contributed by atoms with van der Waals surface area (Å²) in [4.78, 5) is 12.1. The molecule has 0 aromatic carbocycles. The number of hydrogen-bond donors (Lipinski definition) is 0. The second-order valence-corrected chi connectivity index (χ2v) is 6.13. The van der Waals surface area contributed by atoms with Crippen LogP contribution in [-0.4, -0.2) is 24.3 Å². The van der Waals surface area contributed by atoms with Gasteiger partial charge in [-0.25, -0.2) is 4.79 Å². The SMILES string of the molecule is CCOC(=O)/C(C)=C(/C1CCCC1)C12CCCC1O2. The lowest BCUT2D eigenvalue weighted by molar-refractivity contribution is -0.138. The largest absolute Gasteiger partial charge is 0.463 e. The number of ether oxygens (including phenoxy) is 2. The Balaban J connectivity index is 1.92. The third-order valence-corrected chi connectivity index (χ3v) is 5.03. The molecule has 1 aliphatic heterocycles. The van der Waals surface area contributed by atoms with Crippen LogP contribution < -0.4 is 0 Å². The van der Waals surface area contributed by atoms with Crippen LogP contribution in [0.25, 0.3) is 0 Å². The molecule has 3 aliphatic rings. The minimum absolute atomic E-state index is 0.0775. The number of carbonyl (C=O) groups is 1. The zero-order valence-corrected chi connectivity index (χ0v) is 12.0. The van der Waals surface area contributed by atoms with E-state index in [1.54, 1.807) is 0 Å². The second kappa shape index (κ2) is 4.93. The van der Waals surface area contributed by atoms with Crippen molar-refractivity contribution < 1.29 is 14.3 Å². The van der Waals surface area contributed by atoms with Crippen molar-refractivity contribution in [1.82, 2.24) is 0 Å². The Morgan fingerprint density at radius 3 is 2.53 bits per heavy atom. The van der Waals surface area contributed by atoms with E-state index in [-0.39, 0.29) is 11.6 Å². The lowest BCUT2D eigenvalue weighted by atomic mass is 9.81. The Bertz CT molecular complexity index is 406. The van der Waals surface area contributed by atoms with E-state index in [4.69, 9.17) is 9.47 Å². The molecule has 0 spiro atoms. The van der Waals surface area contributed by atoms with Gasteiger partial charge in [-0.1, -0.05) is 12.8 Å². The maximum Gasteiger partial charge on any atom is 0.333 e. The number of esters is 1. The van der Waals surface area contributed by atoms with Gasteiger partial charge in [0, 0.05) is 5.57 Å². The van der Waals surface area contributed by atoms with Gasteiger partial charge in [-0.15, -0.1) is 0 Å². The lowest BCUT2D eigenvalue weighted by Crippen LogP contribution is -2.24. The summed E-state index contributed by atoms with van der Waals surface area (Å²) in [5.41, 5.74) is 2.05. The Labute approximate surface area is 115 Å². The molecule has 2 unspecified atom stereocenters. The summed E-state index contributed by atoms with van der Waals surface area (Å²) >= 11 is 0. The fourth-order valence-corrected chi connectivity index (χ4v) is 4.19. The van der Waals surface area contributed by atoms with Crippen molar-refractivity contribution in [3.63, 3.8) is 0 Å². The second-order valence-electron chi connectivity index (χ2n) is 6.13. The molecule has 2 aliphatic carbocycles. The predicted octanol–water partition coefficient (Wildman–Crippen LogP) is 3.38. The first-order chi connectivity index (χ1) is 9.19.